The SMILES string of the molecule is COc1ccc(C(=O)N2CCC(N)C2)c(F)c1. The number of ether oxygens (including phenoxy) is 1. The zero-order chi connectivity index (χ0) is 12.4. The molecule has 1 saturated heterocycles. The van der Waals surface area contributed by atoms with Gasteiger partial charge in [0, 0.05) is 25.2 Å². The van der Waals surface area contributed by atoms with Crippen molar-refractivity contribution in [3.63, 3.8) is 0 Å². The smallest absolute Gasteiger partial charge is 0.256 e. The van der Waals surface area contributed by atoms with Crippen molar-refractivity contribution in [2.45, 2.75) is 12.5 Å². The summed E-state index contributed by atoms with van der Waals surface area (Å²) in [7, 11) is 1.45. The zero-order valence-corrected chi connectivity index (χ0v) is 9.65. The first-order valence-corrected chi connectivity index (χ1v) is 5.50. The number of likely N-dealkylation sites (tertiary alicyclic amines) is 1. The number of carbonyl (C=O) groups is 1. The van der Waals surface area contributed by atoms with Gasteiger partial charge >= 0.3 is 0 Å². The molecule has 0 radical (unpaired) electrons. The lowest BCUT2D eigenvalue weighted by molar-refractivity contribution is 0.0786. The van der Waals surface area contributed by atoms with Gasteiger partial charge in [-0.25, -0.2) is 4.39 Å². The van der Waals surface area contributed by atoms with Crippen molar-refractivity contribution in [1.29, 1.82) is 0 Å². The molecule has 92 valence electrons. The van der Waals surface area contributed by atoms with Crippen LogP contribution in [0.5, 0.6) is 5.75 Å². The number of nitrogens with zero attached hydrogens (tertiary/aromatic N) is 1. The van der Waals surface area contributed by atoms with Gasteiger partial charge in [0.15, 0.2) is 0 Å². The lowest BCUT2D eigenvalue weighted by Gasteiger charge is -2.16. The lowest BCUT2D eigenvalue weighted by Crippen LogP contribution is -2.32. The Hall–Kier alpha value is -1.62. The van der Waals surface area contributed by atoms with E-state index in [4.69, 9.17) is 10.5 Å². The second-order valence-corrected chi connectivity index (χ2v) is 4.15. The summed E-state index contributed by atoms with van der Waals surface area (Å²) in [5.74, 6) is -0.468. The van der Waals surface area contributed by atoms with Crippen LogP contribution in [0.4, 0.5) is 4.39 Å². The summed E-state index contributed by atoms with van der Waals surface area (Å²) in [5.41, 5.74) is 5.79. The minimum absolute atomic E-state index is 0.000240. The highest BCUT2D eigenvalue weighted by Crippen LogP contribution is 2.19. The molecule has 0 aliphatic carbocycles. The number of halogens is 1. The van der Waals surface area contributed by atoms with Crippen LogP contribution in [0.1, 0.15) is 16.8 Å². The molecule has 1 fully saturated rings. The van der Waals surface area contributed by atoms with Crippen molar-refractivity contribution < 1.29 is 13.9 Å². The molecule has 0 saturated carbocycles. The number of nitrogens with two attached hydrogens (primary N) is 1. The summed E-state index contributed by atoms with van der Waals surface area (Å²) in [6.45, 7) is 1.08. The van der Waals surface area contributed by atoms with E-state index in [2.05, 4.69) is 0 Å². The first-order chi connectivity index (χ1) is 8.11. The third-order valence-electron chi connectivity index (χ3n) is 2.92. The van der Waals surface area contributed by atoms with Gasteiger partial charge in [-0.15, -0.1) is 0 Å². The fraction of sp³-hybridized carbons (Fsp3) is 0.417. The second kappa shape index (κ2) is 4.71. The predicted molar refractivity (Wildman–Crippen MR) is 61.4 cm³/mol. The number of hydrogen-bond acceptors (Lipinski definition) is 3. The molecule has 1 atom stereocenters. The van der Waals surface area contributed by atoms with E-state index in [1.165, 1.54) is 19.2 Å². The first kappa shape index (κ1) is 11.9. The highest BCUT2D eigenvalue weighted by molar-refractivity contribution is 5.94. The zero-order valence-electron chi connectivity index (χ0n) is 9.65. The van der Waals surface area contributed by atoms with Gasteiger partial charge < -0.3 is 15.4 Å². The molecule has 1 aliphatic heterocycles. The van der Waals surface area contributed by atoms with Crippen molar-refractivity contribution in [1.82, 2.24) is 4.90 Å². The summed E-state index contributed by atoms with van der Waals surface area (Å²) < 4.78 is 18.6. The average Bonchev–Trinajstić information content (AvgIpc) is 2.75. The van der Waals surface area contributed by atoms with E-state index in [9.17, 15) is 9.18 Å². The molecule has 2 rings (SSSR count). The van der Waals surface area contributed by atoms with Crippen LogP contribution in [-0.2, 0) is 0 Å². The van der Waals surface area contributed by atoms with Crippen molar-refractivity contribution >= 4 is 5.91 Å². The Bertz CT molecular complexity index is 437. The van der Waals surface area contributed by atoms with Crippen LogP contribution in [0.15, 0.2) is 18.2 Å². The number of benzene rings is 1. The average molecular weight is 238 g/mol. The molecule has 0 aromatic heterocycles. The lowest BCUT2D eigenvalue weighted by atomic mass is 10.2. The largest absolute Gasteiger partial charge is 0.497 e. The predicted octanol–water partition coefficient (Wildman–Crippen LogP) is 1.01. The van der Waals surface area contributed by atoms with Crippen LogP contribution in [0.2, 0.25) is 0 Å². The van der Waals surface area contributed by atoms with Gasteiger partial charge in [0.25, 0.3) is 5.91 Å². The topological polar surface area (TPSA) is 55.6 Å². The summed E-state index contributed by atoms with van der Waals surface area (Å²) in [6, 6.07) is 4.23. The molecule has 1 amide bonds. The van der Waals surface area contributed by atoms with E-state index in [0.717, 1.165) is 6.42 Å². The second-order valence-electron chi connectivity index (χ2n) is 4.15. The molecule has 1 aromatic rings. The maximum absolute atomic E-state index is 13.7. The third-order valence-corrected chi connectivity index (χ3v) is 2.92. The Morgan fingerprint density at radius 3 is 2.88 bits per heavy atom. The molecule has 0 spiro atoms. The molecule has 1 heterocycles. The molecule has 1 unspecified atom stereocenters. The van der Waals surface area contributed by atoms with E-state index in [0.29, 0.717) is 18.8 Å². The standard InChI is InChI=1S/C12H15FN2O2/c1-17-9-2-3-10(11(13)6-9)12(16)15-5-4-8(14)7-15/h2-3,6,8H,4-5,7,14H2,1H3. The fourth-order valence-electron chi connectivity index (χ4n) is 1.94. The van der Waals surface area contributed by atoms with E-state index in [1.54, 1.807) is 11.0 Å². The quantitative estimate of drug-likeness (QED) is 0.836. The molecule has 1 aliphatic rings. The van der Waals surface area contributed by atoms with Crippen LogP contribution in [0.25, 0.3) is 0 Å². The third kappa shape index (κ3) is 2.39. The Balaban J connectivity index is 2.19. The van der Waals surface area contributed by atoms with Crippen LogP contribution < -0.4 is 10.5 Å². The number of rotatable bonds is 2. The molecule has 1 aromatic carbocycles. The molecule has 0 bridgehead atoms. The highest BCUT2D eigenvalue weighted by Gasteiger charge is 2.26. The van der Waals surface area contributed by atoms with Crippen LogP contribution >= 0.6 is 0 Å². The Morgan fingerprint density at radius 2 is 2.35 bits per heavy atom. The van der Waals surface area contributed by atoms with Gasteiger partial charge in [0.2, 0.25) is 0 Å². The van der Waals surface area contributed by atoms with E-state index in [-0.39, 0.29) is 17.5 Å². The van der Waals surface area contributed by atoms with E-state index >= 15 is 0 Å². The van der Waals surface area contributed by atoms with E-state index in [1.807, 2.05) is 0 Å². The van der Waals surface area contributed by atoms with Crippen molar-refractivity contribution in [2.24, 2.45) is 5.73 Å². The van der Waals surface area contributed by atoms with Crippen LogP contribution in [-0.4, -0.2) is 37.0 Å². The monoisotopic (exact) mass is 238 g/mol. The number of methoxy groups -OCH3 is 1. The normalized spacial score (nSPS) is 19.5. The summed E-state index contributed by atoms with van der Waals surface area (Å²) >= 11 is 0. The first-order valence-electron chi connectivity index (χ1n) is 5.50. The molecule has 5 heteroatoms. The molecule has 17 heavy (non-hydrogen) atoms. The Kier molecular flexibility index (Phi) is 3.28. The molecular weight excluding hydrogens is 223 g/mol. The maximum atomic E-state index is 13.7. The summed E-state index contributed by atoms with van der Waals surface area (Å²) in [4.78, 5) is 13.6. The fourth-order valence-corrected chi connectivity index (χ4v) is 1.94. The number of carbonyl (C=O) groups excluding carboxylic acids is 1. The number of hydrogen-bond donors (Lipinski definition) is 1. The van der Waals surface area contributed by atoms with Gasteiger partial charge in [-0.2, -0.15) is 0 Å². The molecular formula is C12H15FN2O2. The molecule has 2 N–H and O–H groups in total. The Labute approximate surface area is 99.2 Å². The van der Waals surface area contributed by atoms with Crippen molar-refractivity contribution in [3.8, 4) is 5.75 Å². The van der Waals surface area contributed by atoms with Gasteiger partial charge in [0.1, 0.15) is 11.6 Å². The Morgan fingerprint density at radius 1 is 1.59 bits per heavy atom. The van der Waals surface area contributed by atoms with Crippen molar-refractivity contribution in [3.05, 3.63) is 29.6 Å². The minimum Gasteiger partial charge on any atom is -0.497 e. The van der Waals surface area contributed by atoms with Gasteiger partial charge in [0.05, 0.1) is 12.7 Å². The number of amides is 1. The van der Waals surface area contributed by atoms with Gasteiger partial charge in [-0.05, 0) is 18.6 Å². The highest BCUT2D eigenvalue weighted by atomic mass is 19.1. The summed E-state index contributed by atoms with van der Waals surface area (Å²) in [6.07, 6.45) is 0.767. The van der Waals surface area contributed by atoms with Gasteiger partial charge in [-0.3, -0.25) is 4.79 Å². The van der Waals surface area contributed by atoms with E-state index < -0.39 is 5.82 Å². The van der Waals surface area contributed by atoms with Crippen LogP contribution in [0, 0.1) is 5.82 Å². The molecule has 4 nitrogen and oxygen atoms in total. The summed E-state index contributed by atoms with van der Waals surface area (Å²) in [5, 5.41) is 0. The van der Waals surface area contributed by atoms with Gasteiger partial charge in [-0.1, -0.05) is 0 Å². The minimum atomic E-state index is -0.560. The van der Waals surface area contributed by atoms with Crippen LogP contribution in [0.3, 0.4) is 0 Å². The van der Waals surface area contributed by atoms with Crippen molar-refractivity contribution in [2.75, 3.05) is 20.2 Å². The maximum Gasteiger partial charge on any atom is 0.256 e.